The number of hydrogen-bond acceptors (Lipinski definition) is 3. The van der Waals surface area contributed by atoms with Crippen molar-refractivity contribution in [2.45, 2.75) is 20.4 Å². The van der Waals surface area contributed by atoms with Crippen LogP contribution in [0.3, 0.4) is 0 Å². The van der Waals surface area contributed by atoms with Gasteiger partial charge in [-0.25, -0.2) is 0 Å². The Kier molecular flexibility index (Phi) is 5.71. The average molecular weight is 337 g/mol. The van der Waals surface area contributed by atoms with Gasteiger partial charge in [-0.2, -0.15) is 0 Å². The SMILES string of the molecule is Cc1cccc(N2CCN(C(=O)CNCc3ccccc3)CC2)c1C. The molecule has 0 unspecified atom stereocenters. The Balaban J connectivity index is 1.47. The second kappa shape index (κ2) is 8.17. The number of nitrogens with zero attached hydrogens (tertiary/aromatic N) is 2. The Morgan fingerprint density at radius 3 is 2.40 bits per heavy atom. The molecule has 25 heavy (non-hydrogen) atoms. The first-order valence-electron chi connectivity index (χ1n) is 8.99. The Morgan fingerprint density at radius 1 is 0.960 bits per heavy atom. The lowest BCUT2D eigenvalue weighted by Crippen LogP contribution is -2.51. The molecule has 1 saturated heterocycles. The second-order valence-corrected chi connectivity index (χ2v) is 6.68. The third-order valence-corrected chi connectivity index (χ3v) is 5.00. The predicted molar refractivity (Wildman–Crippen MR) is 103 cm³/mol. The summed E-state index contributed by atoms with van der Waals surface area (Å²) in [4.78, 5) is 16.8. The standard InChI is InChI=1S/C21H27N3O/c1-17-7-6-10-20(18(17)2)23-11-13-24(14-12-23)21(25)16-22-15-19-8-4-3-5-9-19/h3-10,22H,11-16H2,1-2H3. The van der Waals surface area contributed by atoms with Gasteiger partial charge < -0.3 is 15.1 Å². The molecule has 3 rings (SSSR count). The third kappa shape index (κ3) is 4.40. The van der Waals surface area contributed by atoms with Gasteiger partial charge in [0.15, 0.2) is 0 Å². The molecular formula is C21H27N3O. The monoisotopic (exact) mass is 337 g/mol. The maximum Gasteiger partial charge on any atom is 0.236 e. The van der Waals surface area contributed by atoms with Crippen LogP contribution in [0, 0.1) is 13.8 Å². The molecule has 0 saturated carbocycles. The van der Waals surface area contributed by atoms with Gasteiger partial charge in [-0.15, -0.1) is 0 Å². The Labute approximate surface area is 150 Å². The van der Waals surface area contributed by atoms with Crippen molar-refractivity contribution in [3.05, 3.63) is 65.2 Å². The molecule has 0 aliphatic carbocycles. The van der Waals surface area contributed by atoms with E-state index in [2.05, 4.69) is 54.4 Å². The largest absolute Gasteiger partial charge is 0.368 e. The summed E-state index contributed by atoms with van der Waals surface area (Å²) in [5, 5.41) is 3.25. The number of carbonyl (C=O) groups excluding carboxylic acids is 1. The van der Waals surface area contributed by atoms with E-state index >= 15 is 0 Å². The first kappa shape index (κ1) is 17.5. The molecule has 2 aromatic rings. The highest BCUT2D eigenvalue weighted by Gasteiger charge is 2.21. The van der Waals surface area contributed by atoms with Gasteiger partial charge in [0, 0.05) is 38.4 Å². The van der Waals surface area contributed by atoms with Crippen LogP contribution in [0.15, 0.2) is 48.5 Å². The lowest BCUT2D eigenvalue weighted by atomic mass is 10.1. The van der Waals surface area contributed by atoms with Gasteiger partial charge in [0.05, 0.1) is 6.54 Å². The van der Waals surface area contributed by atoms with Gasteiger partial charge in [0.2, 0.25) is 5.91 Å². The molecule has 0 bridgehead atoms. The molecule has 0 spiro atoms. The average Bonchev–Trinajstić information content (AvgIpc) is 2.65. The molecule has 1 aliphatic rings. The fourth-order valence-electron chi connectivity index (χ4n) is 3.30. The van der Waals surface area contributed by atoms with E-state index < -0.39 is 0 Å². The molecule has 2 aromatic carbocycles. The topological polar surface area (TPSA) is 35.6 Å². The predicted octanol–water partition coefficient (Wildman–Crippen LogP) is 2.74. The normalized spacial score (nSPS) is 14.6. The van der Waals surface area contributed by atoms with Crippen LogP contribution in [0.5, 0.6) is 0 Å². The fraction of sp³-hybridized carbons (Fsp3) is 0.381. The van der Waals surface area contributed by atoms with Crippen LogP contribution in [0.4, 0.5) is 5.69 Å². The van der Waals surface area contributed by atoms with Gasteiger partial charge >= 0.3 is 0 Å². The number of amides is 1. The van der Waals surface area contributed by atoms with E-state index in [9.17, 15) is 4.79 Å². The number of benzene rings is 2. The van der Waals surface area contributed by atoms with Crippen LogP contribution in [-0.2, 0) is 11.3 Å². The molecule has 1 amide bonds. The molecule has 1 aliphatic heterocycles. The van der Waals surface area contributed by atoms with Crippen molar-refractivity contribution in [1.82, 2.24) is 10.2 Å². The van der Waals surface area contributed by atoms with E-state index in [1.54, 1.807) is 0 Å². The second-order valence-electron chi connectivity index (χ2n) is 6.68. The van der Waals surface area contributed by atoms with Gasteiger partial charge in [0.1, 0.15) is 0 Å². The van der Waals surface area contributed by atoms with Crippen LogP contribution >= 0.6 is 0 Å². The molecule has 4 heteroatoms. The Morgan fingerprint density at radius 2 is 1.68 bits per heavy atom. The quantitative estimate of drug-likeness (QED) is 0.911. The van der Waals surface area contributed by atoms with Crippen molar-refractivity contribution in [1.29, 1.82) is 0 Å². The van der Waals surface area contributed by atoms with Crippen LogP contribution in [0.2, 0.25) is 0 Å². The minimum Gasteiger partial charge on any atom is -0.368 e. The smallest absolute Gasteiger partial charge is 0.236 e. The molecule has 1 fully saturated rings. The minimum atomic E-state index is 0.191. The fourth-order valence-corrected chi connectivity index (χ4v) is 3.30. The van der Waals surface area contributed by atoms with Gasteiger partial charge in [-0.3, -0.25) is 4.79 Å². The van der Waals surface area contributed by atoms with Crippen LogP contribution in [-0.4, -0.2) is 43.5 Å². The maximum absolute atomic E-state index is 12.4. The Bertz CT molecular complexity index is 706. The van der Waals surface area contributed by atoms with Crippen molar-refractivity contribution in [2.75, 3.05) is 37.6 Å². The van der Waals surface area contributed by atoms with E-state index in [1.807, 2.05) is 23.1 Å². The number of aryl methyl sites for hydroxylation is 1. The summed E-state index contributed by atoms with van der Waals surface area (Å²) in [6, 6.07) is 16.6. The van der Waals surface area contributed by atoms with Gasteiger partial charge in [-0.05, 0) is 36.6 Å². The molecule has 1 N–H and O–H groups in total. The Hall–Kier alpha value is -2.33. The number of anilines is 1. The summed E-state index contributed by atoms with van der Waals surface area (Å²) in [7, 11) is 0. The number of nitrogens with one attached hydrogen (secondary N) is 1. The van der Waals surface area contributed by atoms with Gasteiger partial charge in [0.25, 0.3) is 0 Å². The van der Waals surface area contributed by atoms with Crippen molar-refractivity contribution < 1.29 is 4.79 Å². The summed E-state index contributed by atoms with van der Waals surface area (Å²) in [6.07, 6.45) is 0. The third-order valence-electron chi connectivity index (χ3n) is 5.00. The zero-order valence-electron chi connectivity index (χ0n) is 15.2. The maximum atomic E-state index is 12.4. The number of carbonyl (C=O) groups is 1. The molecule has 0 aromatic heterocycles. The molecule has 4 nitrogen and oxygen atoms in total. The van der Waals surface area contributed by atoms with Crippen LogP contribution in [0.1, 0.15) is 16.7 Å². The van der Waals surface area contributed by atoms with E-state index in [0.717, 1.165) is 32.7 Å². The molecule has 132 valence electrons. The number of piperazine rings is 1. The highest BCUT2D eigenvalue weighted by Crippen LogP contribution is 2.23. The number of hydrogen-bond donors (Lipinski definition) is 1. The zero-order chi connectivity index (χ0) is 17.6. The minimum absolute atomic E-state index is 0.191. The zero-order valence-corrected chi connectivity index (χ0v) is 15.2. The van der Waals surface area contributed by atoms with E-state index in [0.29, 0.717) is 6.54 Å². The number of rotatable bonds is 5. The highest BCUT2D eigenvalue weighted by molar-refractivity contribution is 5.78. The van der Waals surface area contributed by atoms with Crippen LogP contribution in [0.25, 0.3) is 0 Å². The summed E-state index contributed by atoms with van der Waals surface area (Å²) in [5.41, 5.74) is 5.16. The van der Waals surface area contributed by atoms with Crippen molar-refractivity contribution in [3.8, 4) is 0 Å². The van der Waals surface area contributed by atoms with Gasteiger partial charge in [-0.1, -0.05) is 42.5 Å². The molecule has 1 heterocycles. The van der Waals surface area contributed by atoms with E-state index in [-0.39, 0.29) is 5.91 Å². The summed E-state index contributed by atoms with van der Waals surface area (Å²) in [6.45, 7) is 8.84. The summed E-state index contributed by atoms with van der Waals surface area (Å²) in [5.74, 6) is 0.191. The van der Waals surface area contributed by atoms with Crippen molar-refractivity contribution in [3.63, 3.8) is 0 Å². The molecule has 0 atom stereocenters. The molecular weight excluding hydrogens is 310 g/mol. The first-order chi connectivity index (χ1) is 12.1. The van der Waals surface area contributed by atoms with Crippen molar-refractivity contribution in [2.24, 2.45) is 0 Å². The summed E-state index contributed by atoms with van der Waals surface area (Å²) < 4.78 is 0. The lowest BCUT2D eigenvalue weighted by molar-refractivity contribution is -0.130. The van der Waals surface area contributed by atoms with Crippen molar-refractivity contribution >= 4 is 11.6 Å². The molecule has 0 radical (unpaired) electrons. The highest BCUT2D eigenvalue weighted by atomic mass is 16.2. The van der Waals surface area contributed by atoms with E-state index in [1.165, 1.54) is 22.4 Å². The van der Waals surface area contributed by atoms with E-state index in [4.69, 9.17) is 0 Å². The lowest BCUT2D eigenvalue weighted by Gasteiger charge is -2.37. The summed E-state index contributed by atoms with van der Waals surface area (Å²) >= 11 is 0. The first-order valence-corrected chi connectivity index (χ1v) is 8.99. The van der Waals surface area contributed by atoms with Crippen LogP contribution < -0.4 is 10.2 Å².